The van der Waals surface area contributed by atoms with Crippen molar-refractivity contribution >= 4 is 38.9 Å². The second-order valence-corrected chi connectivity index (χ2v) is 18.1. The number of aromatic nitrogens is 1. The van der Waals surface area contributed by atoms with Crippen LogP contribution in [0.5, 0.6) is 0 Å². The van der Waals surface area contributed by atoms with Crippen LogP contribution in [0, 0.1) is 0 Å². The quantitative estimate of drug-likeness (QED) is 0.140. The van der Waals surface area contributed by atoms with Gasteiger partial charge in [0, 0.05) is 27.8 Å². The van der Waals surface area contributed by atoms with Crippen molar-refractivity contribution in [1.82, 2.24) is 4.57 Å². The number of para-hydroxylation sites is 2. The van der Waals surface area contributed by atoms with Crippen molar-refractivity contribution in [2.75, 3.05) is 4.90 Å². The van der Waals surface area contributed by atoms with E-state index in [1.54, 1.807) is 0 Å². The predicted octanol–water partition coefficient (Wildman–Crippen LogP) is 17.6. The van der Waals surface area contributed by atoms with Crippen molar-refractivity contribution < 1.29 is 0 Å². The van der Waals surface area contributed by atoms with Crippen LogP contribution in [0.4, 0.5) is 17.1 Å². The maximum absolute atomic E-state index is 2.53. The lowest BCUT2D eigenvalue weighted by atomic mass is 9.63. The molecule has 0 saturated heterocycles. The van der Waals surface area contributed by atoms with Gasteiger partial charge in [0.05, 0.1) is 22.1 Å². The maximum Gasteiger partial charge on any atom is 0.0742 e. The van der Waals surface area contributed by atoms with Crippen molar-refractivity contribution in [2.24, 2.45) is 0 Å². The lowest BCUT2D eigenvalue weighted by Gasteiger charge is -2.41. The second-order valence-electron chi connectivity index (χ2n) is 18.1. The summed E-state index contributed by atoms with van der Waals surface area (Å²) in [7, 11) is 0. The third kappa shape index (κ3) is 6.72. The summed E-state index contributed by atoms with van der Waals surface area (Å²) in [6, 6.07) is 103. The molecule has 0 N–H and O–H groups in total. The van der Waals surface area contributed by atoms with E-state index in [1.165, 1.54) is 72.0 Å². The van der Waals surface area contributed by atoms with E-state index in [9.17, 15) is 0 Å². The summed E-state index contributed by atoms with van der Waals surface area (Å²) in [6.07, 6.45) is 0. The summed E-state index contributed by atoms with van der Waals surface area (Å²) in [4.78, 5) is 2.48. The molecule has 0 atom stereocenters. The van der Waals surface area contributed by atoms with Crippen LogP contribution in [-0.4, -0.2) is 4.57 Å². The van der Waals surface area contributed by atoms with Crippen LogP contribution < -0.4 is 4.90 Å². The fourth-order valence-corrected chi connectivity index (χ4v) is 11.2. The Hall–Kier alpha value is -8.98. The first-order valence-corrected chi connectivity index (χ1v) is 23.8. The molecular weight excluding hydrogens is 833 g/mol. The summed E-state index contributed by atoms with van der Waals surface area (Å²) in [5.74, 6) is 0. The Labute approximate surface area is 403 Å². The normalized spacial score (nSPS) is 12.5. The lowest BCUT2D eigenvalue weighted by molar-refractivity contribution is 0.728. The van der Waals surface area contributed by atoms with Gasteiger partial charge < -0.3 is 9.47 Å². The Morgan fingerprint density at radius 3 is 1.14 bits per heavy atom. The standard InChI is InChI=1S/C67H46N2/c1-7-22-47(23-8-1)51-40-52(48-24-9-2-10-25-48)43-58(42-51)68(59-44-53(49-26-11-3-12-27-49)41-54(45-59)50-28-13-4-14-29-50)57-38-39-64-61(46-57)60-34-21-36-63-66(60)69(64)65-37-20-19-35-62(65)67(63,55-30-15-5-16-31-55)56-32-17-6-18-33-56/h1-46H. The largest absolute Gasteiger partial charge is 0.310 e. The molecule has 12 aromatic rings. The minimum atomic E-state index is -0.546. The first-order chi connectivity index (χ1) is 34.2. The summed E-state index contributed by atoms with van der Waals surface area (Å²) >= 11 is 0. The summed E-state index contributed by atoms with van der Waals surface area (Å²) in [6.45, 7) is 0. The lowest BCUT2D eigenvalue weighted by Crippen LogP contribution is -2.35. The molecule has 0 saturated carbocycles. The minimum Gasteiger partial charge on any atom is -0.310 e. The average molecular weight is 879 g/mol. The molecule has 11 aromatic carbocycles. The molecule has 13 rings (SSSR count). The molecule has 69 heavy (non-hydrogen) atoms. The van der Waals surface area contributed by atoms with Crippen molar-refractivity contribution in [1.29, 1.82) is 0 Å². The second kappa shape index (κ2) is 16.7. The van der Waals surface area contributed by atoms with Gasteiger partial charge in [0.25, 0.3) is 0 Å². The highest BCUT2D eigenvalue weighted by molar-refractivity contribution is 6.13. The average Bonchev–Trinajstić information content (AvgIpc) is 3.77. The van der Waals surface area contributed by atoms with Crippen LogP contribution >= 0.6 is 0 Å². The number of nitrogens with zero attached hydrogens (tertiary/aromatic N) is 2. The van der Waals surface area contributed by atoms with E-state index in [4.69, 9.17) is 0 Å². The third-order valence-electron chi connectivity index (χ3n) is 14.2. The third-order valence-corrected chi connectivity index (χ3v) is 14.2. The monoisotopic (exact) mass is 878 g/mol. The topological polar surface area (TPSA) is 8.17 Å². The molecule has 2 heteroatoms. The van der Waals surface area contributed by atoms with Gasteiger partial charge in [0.2, 0.25) is 0 Å². The van der Waals surface area contributed by atoms with Gasteiger partial charge >= 0.3 is 0 Å². The molecule has 0 radical (unpaired) electrons. The van der Waals surface area contributed by atoms with Gasteiger partial charge in [-0.1, -0.05) is 218 Å². The van der Waals surface area contributed by atoms with E-state index in [1.807, 2.05) is 0 Å². The summed E-state index contributed by atoms with van der Waals surface area (Å²) < 4.78 is 2.53. The van der Waals surface area contributed by atoms with Gasteiger partial charge in [0.15, 0.2) is 0 Å². The molecular formula is C67H46N2. The van der Waals surface area contributed by atoms with Gasteiger partial charge in [-0.2, -0.15) is 0 Å². The van der Waals surface area contributed by atoms with Crippen LogP contribution in [-0.2, 0) is 5.41 Å². The van der Waals surface area contributed by atoms with Crippen LogP contribution in [0.25, 0.3) is 72.0 Å². The van der Waals surface area contributed by atoms with Crippen molar-refractivity contribution in [2.45, 2.75) is 5.41 Å². The molecule has 0 aliphatic carbocycles. The first-order valence-electron chi connectivity index (χ1n) is 23.8. The first kappa shape index (κ1) is 40.3. The Balaban J connectivity index is 1.12. The van der Waals surface area contributed by atoms with E-state index < -0.39 is 5.41 Å². The molecule has 2 nitrogen and oxygen atoms in total. The fourth-order valence-electron chi connectivity index (χ4n) is 11.2. The minimum absolute atomic E-state index is 0.546. The SMILES string of the molecule is c1ccc(-c2cc(-c3ccccc3)cc(N(c3cc(-c4ccccc4)cc(-c4ccccc4)c3)c3ccc4c(c3)c3cccc5c3n4-c3ccccc3C5(c3ccccc3)c3ccccc3)c2)cc1. The number of hydrogen-bond acceptors (Lipinski definition) is 1. The fraction of sp³-hybridized carbons (Fsp3) is 0.0149. The molecule has 324 valence electrons. The van der Waals surface area contributed by atoms with E-state index in [2.05, 4.69) is 289 Å². The van der Waals surface area contributed by atoms with E-state index >= 15 is 0 Å². The zero-order valence-electron chi connectivity index (χ0n) is 38.0. The highest BCUT2D eigenvalue weighted by atomic mass is 15.1. The highest BCUT2D eigenvalue weighted by Gasteiger charge is 2.45. The van der Waals surface area contributed by atoms with E-state index in [0.717, 1.165) is 39.3 Å². The number of benzene rings is 11. The van der Waals surface area contributed by atoms with Gasteiger partial charge in [0.1, 0.15) is 0 Å². The van der Waals surface area contributed by atoms with E-state index in [-0.39, 0.29) is 0 Å². The van der Waals surface area contributed by atoms with Crippen LogP contribution in [0.3, 0.4) is 0 Å². The van der Waals surface area contributed by atoms with Gasteiger partial charge in [-0.25, -0.2) is 0 Å². The number of hydrogen-bond donors (Lipinski definition) is 0. The molecule has 1 aliphatic rings. The van der Waals surface area contributed by atoms with E-state index in [0.29, 0.717) is 0 Å². The molecule has 0 unspecified atom stereocenters. The van der Waals surface area contributed by atoms with Crippen LogP contribution in [0.2, 0.25) is 0 Å². The smallest absolute Gasteiger partial charge is 0.0742 e. The Bertz CT molecular complexity index is 3520. The Morgan fingerprint density at radius 2 is 0.681 bits per heavy atom. The zero-order valence-corrected chi connectivity index (χ0v) is 38.0. The molecule has 0 bridgehead atoms. The van der Waals surface area contributed by atoms with Gasteiger partial charge in [-0.3, -0.25) is 0 Å². The zero-order chi connectivity index (χ0) is 45.7. The number of rotatable bonds is 9. The highest BCUT2D eigenvalue weighted by Crippen LogP contribution is 2.55. The van der Waals surface area contributed by atoms with Crippen molar-refractivity contribution in [3.05, 3.63) is 301 Å². The van der Waals surface area contributed by atoms with Gasteiger partial charge in [-0.05, 0) is 127 Å². The molecule has 2 heterocycles. The molecule has 0 spiro atoms. The Kier molecular flexibility index (Phi) is 9.77. The van der Waals surface area contributed by atoms with Crippen molar-refractivity contribution in [3.63, 3.8) is 0 Å². The molecule has 0 fully saturated rings. The summed E-state index contributed by atoms with van der Waals surface area (Å²) in [5.41, 5.74) is 20.6. The summed E-state index contributed by atoms with van der Waals surface area (Å²) in [5, 5.41) is 2.42. The Morgan fingerprint density at radius 1 is 0.275 bits per heavy atom. The van der Waals surface area contributed by atoms with Crippen LogP contribution in [0.1, 0.15) is 22.3 Å². The number of anilines is 3. The van der Waals surface area contributed by atoms with Gasteiger partial charge in [-0.15, -0.1) is 0 Å². The maximum atomic E-state index is 2.53. The molecule has 1 aromatic heterocycles. The predicted molar refractivity (Wildman–Crippen MR) is 289 cm³/mol. The molecule has 1 aliphatic heterocycles. The number of fused-ring (bicyclic) bond motifs is 5. The molecule has 0 amide bonds. The van der Waals surface area contributed by atoms with Crippen LogP contribution in [0.15, 0.2) is 279 Å². The van der Waals surface area contributed by atoms with Crippen molar-refractivity contribution in [3.8, 4) is 50.2 Å².